The third kappa shape index (κ3) is 3.72. The summed E-state index contributed by atoms with van der Waals surface area (Å²) in [6.07, 6.45) is -0.561. The van der Waals surface area contributed by atoms with Crippen LogP contribution in [0.2, 0.25) is 0 Å². The van der Waals surface area contributed by atoms with Crippen LogP contribution in [0.3, 0.4) is 0 Å². The number of hydrogen-bond acceptors (Lipinski definition) is 4. The molecule has 0 bridgehead atoms. The molecule has 25 heavy (non-hydrogen) atoms. The van der Waals surface area contributed by atoms with Gasteiger partial charge in [-0.05, 0) is 24.6 Å². The second-order valence-corrected chi connectivity index (χ2v) is 6.10. The van der Waals surface area contributed by atoms with E-state index in [1.165, 1.54) is 13.0 Å². The highest BCUT2D eigenvalue weighted by molar-refractivity contribution is 6.07. The molecule has 0 aliphatic carbocycles. The summed E-state index contributed by atoms with van der Waals surface area (Å²) in [7, 11) is 0. The van der Waals surface area contributed by atoms with Gasteiger partial charge in [-0.15, -0.1) is 12.4 Å². The summed E-state index contributed by atoms with van der Waals surface area (Å²) >= 11 is 0. The predicted molar refractivity (Wildman–Crippen MR) is 87.7 cm³/mol. The second kappa shape index (κ2) is 6.57. The van der Waals surface area contributed by atoms with Crippen molar-refractivity contribution in [3.8, 4) is 0 Å². The van der Waals surface area contributed by atoms with Gasteiger partial charge in [-0.25, -0.2) is 13.6 Å². The number of amides is 4. The van der Waals surface area contributed by atoms with Crippen molar-refractivity contribution in [3.05, 3.63) is 29.8 Å². The van der Waals surface area contributed by atoms with Crippen LogP contribution in [0.25, 0.3) is 0 Å². The third-order valence-corrected chi connectivity index (χ3v) is 4.18. The molecule has 3 rings (SSSR count). The normalized spacial score (nSPS) is 27.2. The summed E-state index contributed by atoms with van der Waals surface area (Å²) in [5, 5.41) is 9.69. The Balaban J connectivity index is 0.00000225. The zero-order chi connectivity index (χ0) is 17.5. The Kier molecular flexibility index (Phi) is 5.01. The summed E-state index contributed by atoms with van der Waals surface area (Å²) in [6.45, 7) is 1.00. The van der Waals surface area contributed by atoms with E-state index in [-0.39, 0.29) is 12.4 Å². The molecule has 10 heteroatoms. The molecule has 2 heterocycles. The molecule has 0 radical (unpaired) electrons. The zero-order valence-electron chi connectivity index (χ0n) is 13.2. The number of benzene rings is 1. The monoisotopic (exact) mass is 374 g/mol. The molecular formula is C15H17ClF2N4O3. The highest BCUT2D eigenvalue weighted by Gasteiger charge is 2.44. The maximum atomic E-state index is 13.2. The average Bonchev–Trinajstić information content (AvgIpc) is 2.99. The van der Waals surface area contributed by atoms with Crippen molar-refractivity contribution in [2.45, 2.75) is 30.8 Å². The fourth-order valence-corrected chi connectivity index (χ4v) is 2.78. The first-order valence-electron chi connectivity index (χ1n) is 7.36. The van der Waals surface area contributed by atoms with Crippen LogP contribution in [0, 0.1) is 0 Å². The Morgan fingerprint density at radius 2 is 2.04 bits per heavy atom. The summed E-state index contributed by atoms with van der Waals surface area (Å²) in [5.74, 6) is -3.98. The van der Waals surface area contributed by atoms with Crippen molar-refractivity contribution in [1.82, 2.24) is 16.0 Å². The summed E-state index contributed by atoms with van der Waals surface area (Å²) in [5.41, 5.74) is -0.436. The third-order valence-electron chi connectivity index (χ3n) is 4.18. The lowest BCUT2D eigenvalue weighted by Gasteiger charge is -2.22. The fourth-order valence-electron chi connectivity index (χ4n) is 2.78. The van der Waals surface area contributed by atoms with Gasteiger partial charge in [-0.3, -0.25) is 20.2 Å². The van der Waals surface area contributed by atoms with E-state index in [1.54, 1.807) is 18.2 Å². The number of halogens is 3. The van der Waals surface area contributed by atoms with Gasteiger partial charge in [0.15, 0.2) is 0 Å². The maximum absolute atomic E-state index is 13.2. The van der Waals surface area contributed by atoms with Crippen LogP contribution in [-0.2, 0) is 15.1 Å². The number of carbonyl (C=O) groups is 3. The Morgan fingerprint density at radius 1 is 1.32 bits per heavy atom. The van der Waals surface area contributed by atoms with Crippen LogP contribution in [0.1, 0.15) is 18.9 Å². The SMILES string of the molecule is CC1(c2cccc(NC(=O)C3CC(F)(F)CN3)c2)NC(=O)NC1=O.Cl. The Labute approximate surface area is 148 Å². The number of carbonyl (C=O) groups excluding carboxylic acids is 3. The summed E-state index contributed by atoms with van der Waals surface area (Å²) in [4.78, 5) is 35.4. The minimum Gasteiger partial charge on any atom is -0.325 e. The first kappa shape index (κ1) is 19.1. The first-order chi connectivity index (χ1) is 11.2. The van der Waals surface area contributed by atoms with Crippen molar-refractivity contribution in [1.29, 1.82) is 0 Å². The number of imide groups is 1. The minimum absolute atomic E-state index is 0. The molecular weight excluding hydrogens is 358 g/mol. The zero-order valence-corrected chi connectivity index (χ0v) is 14.0. The van der Waals surface area contributed by atoms with Gasteiger partial charge in [0.25, 0.3) is 11.8 Å². The Hall–Kier alpha value is -2.26. The maximum Gasteiger partial charge on any atom is 0.322 e. The molecule has 2 fully saturated rings. The largest absolute Gasteiger partial charge is 0.325 e. The van der Waals surface area contributed by atoms with Crippen LogP contribution >= 0.6 is 12.4 Å². The van der Waals surface area contributed by atoms with E-state index >= 15 is 0 Å². The van der Waals surface area contributed by atoms with Crippen LogP contribution < -0.4 is 21.3 Å². The van der Waals surface area contributed by atoms with E-state index in [0.29, 0.717) is 11.3 Å². The van der Waals surface area contributed by atoms with E-state index in [1.807, 2.05) is 0 Å². The van der Waals surface area contributed by atoms with E-state index in [4.69, 9.17) is 0 Å². The van der Waals surface area contributed by atoms with Crippen molar-refractivity contribution in [3.63, 3.8) is 0 Å². The molecule has 0 saturated carbocycles. The quantitative estimate of drug-likeness (QED) is 0.595. The van der Waals surface area contributed by atoms with Gasteiger partial charge in [0.1, 0.15) is 5.54 Å². The number of urea groups is 1. The van der Waals surface area contributed by atoms with Crippen LogP contribution in [0.4, 0.5) is 19.3 Å². The van der Waals surface area contributed by atoms with Crippen LogP contribution in [-0.4, -0.2) is 36.4 Å². The van der Waals surface area contributed by atoms with E-state index in [0.717, 1.165) is 0 Å². The number of alkyl halides is 2. The second-order valence-electron chi connectivity index (χ2n) is 6.10. The molecule has 2 aliphatic heterocycles. The van der Waals surface area contributed by atoms with Gasteiger partial charge in [0.2, 0.25) is 5.91 Å². The van der Waals surface area contributed by atoms with Crippen molar-refractivity contribution >= 4 is 35.9 Å². The number of anilines is 1. The number of rotatable bonds is 3. The molecule has 0 aromatic heterocycles. The molecule has 4 N–H and O–H groups in total. The van der Waals surface area contributed by atoms with Gasteiger partial charge in [0.05, 0.1) is 12.6 Å². The minimum atomic E-state index is -2.90. The highest BCUT2D eigenvalue weighted by Crippen LogP contribution is 2.28. The standard InChI is InChI=1S/C15H16F2N4O3.ClH/c1-14(12(23)20-13(24)21-14)8-3-2-4-9(5-8)19-11(22)10-6-15(16,17)7-18-10;/h2-5,10,18H,6-7H2,1H3,(H,19,22)(H2,20,21,23,24);1H. The molecule has 2 atom stereocenters. The summed E-state index contributed by atoms with van der Waals surface area (Å²) < 4.78 is 26.3. The van der Waals surface area contributed by atoms with Gasteiger partial charge in [-0.1, -0.05) is 12.1 Å². The molecule has 1 aromatic carbocycles. The molecule has 2 aliphatic rings. The van der Waals surface area contributed by atoms with Crippen molar-refractivity contribution in [2.75, 3.05) is 11.9 Å². The molecule has 1 aromatic rings. The van der Waals surface area contributed by atoms with Gasteiger partial charge in [-0.2, -0.15) is 0 Å². The smallest absolute Gasteiger partial charge is 0.322 e. The fraction of sp³-hybridized carbons (Fsp3) is 0.400. The molecule has 0 spiro atoms. The molecule has 4 amide bonds. The van der Waals surface area contributed by atoms with Gasteiger partial charge < -0.3 is 10.6 Å². The molecule has 2 saturated heterocycles. The Bertz CT molecular complexity index is 730. The van der Waals surface area contributed by atoms with Crippen LogP contribution in [0.15, 0.2) is 24.3 Å². The number of nitrogens with one attached hydrogen (secondary N) is 4. The number of hydrogen-bond donors (Lipinski definition) is 4. The molecule has 136 valence electrons. The predicted octanol–water partition coefficient (Wildman–Crippen LogP) is 1.10. The lowest BCUT2D eigenvalue weighted by atomic mass is 9.92. The summed E-state index contributed by atoms with van der Waals surface area (Å²) in [6, 6.07) is 4.75. The van der Waals surface area contributed by atoms with Gasteiger partial charge in [0, 0.05) is 12.1 Å². The van der Waals surface area contributed by atoms with Crippen molar-refractivity contribution < 1.29 is 23.2 Å². The van der Waals surface area contributed by atoms with Gasteiger partial charge >= 0.3 is 6.03 Å². The van der Waals surface area contributed by atoms with E-state index < -0.39 is 48.3 Å². The van der Waals surface area contributed by atoms with E-state index in [2.05, 4.69) is 21.3 Å². The highest BCUT2D eigenvalue weighted by atomic mass is 35.5. The lowest BCUT2D eigenvalue weighted by Crippen LogP contribution is -2.40. The average molecular weight is 375 g/mol. The molecule has 7 nitrogen and oxygen atoms in total. The lowest BCUT2D eigenvalue weighted by molar-refractivity contribution is -0.123. The first-order valence-corrected chi connectivity index (χ1v) is 7.36. The van der Waals surface area contributed by atoms with Crippen molar-refractivity contribution in [2.24, 2.45) is 0 Å². The molecule has 2 unspecified atom stereocenters. The Morgan fingerprint density at radius 3 is 2.60 bits per heavy atom. The van der Waals surface area contributed by atoms with Crippen LogP contribution in [0.5, 0.6) is 0 Å². The topological polar surface area (TPSA) is 99.3 Å². The van der Waals surface area contributed by atoms with E-state index in [9.17, 15) is 23.2 Å².